The van der Waals surface area contributed by atoms with Gasteiger partial charge < -0.3 is 0 Å². The lowest BCUT2D eigenvalue weighted by Gasteiger charge is -2.17. The van der Waals surface area contributed by atoms with Gasteiger partial charge in [-0.2, -0.15) is 0 Å². The van der Waals surface area contributed by atoms with Gasteiger partial charge in [-0.05, 0) is 50.6 Å². The molecule has 0 saturated carbocycles. The number of rotatable bonds is 6. The first-order chi connectivity index (χ1) is 13.3. The van der Waals surface area contributed by atoms with Gasteiger partial charge in [0, 0.05) is 17.5 Å². The molecule has 152 valence electrons. The van der Waals surface area contributed by atoms with Crippen molar-refractivity contribution in [1.29, 1.82) is 0 Å². The van der Waals surface area contributed by atoms with Crippen LogP contribution in [0.5, 0.6) is 0 Å². The summed E-state index contributed by atoms with van der Waals surface area (Å²) in [5, 5.41) is 5.34. The largest absolute Gasteiger partial charge is 0.298 e. The quantitative estimate of drug-likeness (QED) is 0.744. The third kappa shape index (κ3) is 6.02. The monoisotopic (exact) mass is 422 g/mol. The van der Waals surface area contributed by atoms with E-state index in [1.807, 2.05) is 5.38 Å². The number of hydrogen-bond donors (Lipinski definition) is 2. The molecule has 0 radical (unpaired) electrons. The number of aryl methyl sites for hydroxylation is 1. The summed E-state index contributed by atoms with van der Waals surface area (Å²) in [6, 6.07) is 4.93. The summed E-state index contributed by atoms with van der Waals surface area (Å²) in [6.45, 7) is 4.78. The summed E-state index contributed by atoms with van der Waals surface area (Å²) in [6.07, 6.45) is 6.12. The number of nitrogens with one attached hydrogen (secondary N) is 2. The van der Waals surface area contributed by atoms with E-state index in [-0.39, 0.29) is 5.91 Å². The van der Waals surface area contributed by atoms with Gasteiger partial charge in [-0.15, -0.1) is 11.3 Å². The van der Waals surface area contributed by atoms with Crippen LogP contribution in [-0.2, 0) is 16.6 Å². The van der Waals surface area contributed by atoms with Gasteiger partial charge >= 0.3 is 0 Å². The molecule has 1 aromatic heterocycles. The molecule has 0 unspecified atom stereocenters. The minimum atomic E-state index is -3.41. The molecule has 0 spiro atoms. The number of aromatic nitrogens is 1. The normalized spacial score (nSPS) is 15.8. The Morgan fingerprint density at radius 1 is 1.21 bits per heavy atom. The van der Waals surface area contributed by atoms with Crippen molar-refractivity contribution in [3.05, 3.63) is 40.4 Å². The molecule has 9 heteroatoms. The fraction of sp³-hybridized carbons (Fsp3) is 0.474. The number of thiazole rings is 1. The second-order valence-corrected chi connectivity index (χ2v) is 9.80. The number of anilines is 2. The van der Waals surface area contributed by atoms with Crippen LogP contribution in [0.2, 0.25) is 0 Å². The van der Waals surface area contributed by atoms with Crippen LogP contribution in [0.4, 0.5) is 10.8 Å². The first kappa shape index (κ1) is 20.8. The summed E-state index contributed by atoms with van der Waals surface area (Å²) in [4.78, 5) is 19.5. The number of carbonyl (C=O) groups excluding carboxylic acids is 1. The van der Waals surface area contributed by atoms with Crippen LogP contribution < -0.4 is 10.0 Å². The zero-order valence-corrected chi connectivity index (χ0v) is 17.8. The van der Waals surface area contributed by atoms with Crippen molar-refractivity contribution in [3.8, 4) is 0 Å². The highest BCUT2D eigenvalue weighted by Crippen LogP contribution is 2.22. The fourth-order valence-electron chi connectivity index (χ4n) is 3.20. The van der Waals surface area contributed by atoms with Crippen molar-refractivity contribution >= 4 is 38.1 Å². The van der Waals surface area contributed by atoms with Crippen LogP contribution >= 0.6 is 11.3 Å². The number of amides is 1. The minimum Gasteiger partial charge on any atom is -0.298 e. The second kappa shape index (κ2) is 9.02. The van der Waals surface area contributed by atoms with Crippen LogP contribution in [0.1, 0.15) is 47.3 Å². The molecule has 3 rings (SSSR count). The van der Waals surface area contributed by atoms with E-state index >= 15 is 0 Å². The molecule has 1 aromatic carbocycles. The second-order valence-electron chi connectivity index (χ2n) is 7.19. The van der Waals surface area contributed by atoms with E-state index in [2.05, 4.69) is 19.9 Å². The van der Waals surface area contributed by atoms with E-state index < -0.39 is 10.0 Å². The highest BCUT2D eigenvalue weighted by molar-refractivity contribution is 7.92. The van der Waals surface area contributed by atoms with Crippen molar-refractivity contribution < 1.29 is 13.2 Å². The molecular formula is C19H26N4O3S2. The third-order valence-corrected chi connectivity index (χ3v) is 6.05. The molecule has 2 heterocycles. The van der Waals surface area contributed by atoms with Crippen LogP contribution in [-0.4, -0.2) is 43.6 Å². The Morgan fingerprint density at radius 2 is 1.93 bits per heavy atom. The Labute approximate surface area is 170 Å². The third-order valence-electron chi connectivity index (χ3n) is 4.65. The lowest BCUT2D eigenvalue weighted by Crippen LogP contribution is -2.24. The molecule has 2 N–H and O–H groups in total. The van der Waals surface area contributed by atoms with Gasteiger partial charge in [0.1, 0.15) is 0 Å². The SMILES string of the molecule is Cc1ccc(C(=O)Nc2nc(CN3CCCCCC3)cs2)cc1NS(C)(=O)=O. The molecule has 1 saturated heterocycles. The van der Waals surface area contributed by atoms with Crippen LogP contribution in [0, 0.1) is 6.92 Å². The van der Waals surface area contributed by atoms with Crippen molar-refractivity contribution in [3.63, 3.8) is 0 Å². The molecule has 0 atom stereocenters. The lowest BCUT2D eigenvalue weighted by molar-refractivity contribution is 0.102. The number of likely N-dealkylation sites (tertiary alicyclic amines) is 1. The van der Waals surface area contributed by atoms with Gasteiger partial charge in [0.15, 0.2) is 5.13 Å². The molecule has 7 nitrogen and oxygen atoms in total. The van der Waals surface area contributed by atoms with Crippen LogP contribution in [0.15, 0.2) is 23.6 Å². The van der Waals surface area contributed by atoms with E-state index in [1.54, 1.807) is 19.1 Å². The molecule has 28 heavy (non-hydrogen) atoms. The lowest BCUT2D eigenvalue weighted by atomic mass is 10.1. The maximum Gasteiger partial charge on any atom is 0.257 e. The first-order valence-corrected chi connectivity index (χ1v) is 12.1. The molecule has 1 aliphatic heterocycles. The van der Waals surface area contributed by atoms with E-state index in [1.165, 1.54) is 43.1 Å². The van der Waals surface area contributed by atoms with Gasteiger partial charge in [-0.1, -0.05) is 18.9 Å². The Kier molecular flexibility index (Phi) is 6.69. The van der Waals surface area contributed by atoms with Crippen molar-refractivity contribution in [2.24, 2.45) is 0 Å². The number of carbonyl (C=O) groups is 1. The molecule has 2 aromatic rings. The molecular weight excluding hydrogens is 396 g/mol. The molecule has 1 aliphatic rings. The van der Waals surface area contributed by atoms with E-state index in [4.69, 9.17) is 0 Å². The predicted octanol–water partition coefficient (Wildman–Crippen LogP) is 3.45. The van der Waals surface area contributed by atoms with Gasteiger partial charge in [0.2, 0.25) is 10.0 Å². The van der Waals surface area contributed by atoms with Crippen LogP contribution in [0.3, 0.4) is 0 Å². The highest BCUT2D eigenvalue weighted by Gasteiger charge is 2.14. The molecule has 1 fully saturated rings. The zero-order valence-electron chi connectivity index (χ0n) is 16.2. The number of nitrogens with zero attached hydrogens (tertiary/aromatic N) is 2. The van der Waals surface area contributed by atoms with Gasteiger partial charge in [0.25, 0.3) is 5.91 Å². The Bertz CT molecular complexity index is 932. The maximum atomic E-state index is 12.6. The van der Waals surface area contributed by atoms with Crippen LogP contribution in [0.25, 0.3) is 0 Å². The summed E-state index contributed by atoms with van der Waals surface area (Å²) < 4.78 is 25.4. The van der Waals surface area contributed by atoms with Gasteiger partial charge in [0.05, 0.1) is 17.6 Å². The van der Waals surface area contributed by atoms with E-state index in [0.29, 0.717) is 16.4 Å². The average Bonchev–Trinajstić information content (AvgIpc) is 2.88. The minimum absolute atomic E-state index is 0.313. The molecule has 0 bridgehead atoms. The first-order valence-electron chi connectivity index (χ1n) is 9.37. The summed E-state index contributed by atoms with van der Waals surface area (Å²) >= 11 is 1.40. The Balaban J connectivity index is 1.65. The Hall–Kier alpha value is -1.97. The maximum absolute atomic E-state index is 12.6. The smallest absolute Gasteiger partial charge is 0.257 e. The number of sulfonamides is 1. The predicted molar refractivity (Wildman–Crippen MR) is 113 cm³/mol. The zero-order chi connectivity index (χ0) is 20.1. The topological polar surface area (TPSA) is 91.4 Å². The number of hydrogen-bond acceptors (Lipinski definition) is 6. The van der Waals surface area contributed by atoms with E-state index in [9.17, 15) is 13.2 Å². The Morgan fingerprint density at radius 3 is 2.61 bits per heavy atom. The molecule has 1 amide bonds. The van der Waals surface area contributed by atoms with Crippen molar-refractivity contribution in [2.75, 3.05) is 29.4 Å². The fourth-order valence-corrected chi connectivity index (χ4v) is 4.52. The van der Waals surface area contributed by atoms with Gasteiger partial charge in [-0.25, -0.2) is 13.4 Å². The average molecular weight is 423 g/mol. The standard InChI is InChI=1S/C19H26N4O3S2/c1-14-7-8-15(11-17(14)22-28(2,25)26)18(24)21-19-20-16(13-27-19)12-23-9-5-3-4-6-10-23/h7-8,11,13,22H,3-6,9-10,12H2,1-2H3,(H,20,21,24). The highest BCUT2D eigenvalue weighted by atomic mass is 32.2. The van der Waals surface area contributed by atoms with E-state index in [0.717, 1.165) is 37.1 Å². The molecule has 0 aliphatic carbocycles. The number of benzene rings is 1. The summed E-state index contributed by atoms with van der Waals surface area (Å²) in [5.41, 5.74) is 2.48. The van der Waals surface area contributed by atoms with Crippen molar-refractivity contribution in [1.82, 2.24) is 9.88 Å². The summed E-state index contributed by atoms with van der Waals surface area (Å²) in [5.74, 6) is -0.313. The van der Waals surface area contributed by atoms with Gasteiger partial charge in [-0.3, -0.25) is 19.7 Å². The van der Waals surface area contributed by atoms with Crippen molar-refractivity contribution in [2.45, 2.75) is 39.2 Å². The summed E-state index contributed by atoms with van der Waals surface area (Å²) in [7, 11) is -3.41.